The topological polar surface area (TPSA) is 88.1 Å². The number of pyridine rings is 1. The molecule has 0 aliphatic rings. The molecule has 0 aliphatic heterocycles. The highest BCUT2D eigenvalue weighted by Gasteiger charge is 2.21. The minimum atomic E-state index is -0.556. The number of carbonyl (C=O) groups excluding carboxylic acids is 1. The van der Waals surface area contributed by atoms with Crippen LogP contribution >= 0.6 is 22.9 Å². The molecule has 0 saturated carbocycles. The van der Waals surface area contributed by atoms with Crippen LogP contribution < -0.4 is 15.2 Å². The van der Waals surface area contributed by atoms with E-state index in [1.54, 1.807) is 25.4 Å². The summed E-state index contributed by atoms with van der Waals surface area (Å²) in [7, 11) is 1.62. The number of ether oxygens (including phenoxy) is 3. The molecule has 3 heterocycles. The lowest BCUT2D eigenvalue weighted by molar-refractivity contribution is 0.0998. The number of primary amides is 1. The molecule has 166 valence electrons. The minimum absolute atomic E-state index is 0.335. The molecular formula is C23H22ClN3O4S. The van der Waals surface area contributed by atoms with Gasteiger partial charge in [0.1, 0.15) is 34.7 Å². The van der Waals surface area contributed by atoms with Crippen LogP contribution in [-0.2, 0) is 4.74 Å². The summed E-state index contributed by atoms with van der Waals surface area (Å²) in [5.74, 6) is 0.539. The van der Waals surface area contributed by atoms with Gasteiger partial charge in [0.25, 0.3) is 5.91 Å². The quantitative estimate of drug-likeness (QED) is 0.348. The number of aromatic nitrogens is 2. The second-order valence-corrected chi connectivity index (χ2v) is 8.49. The molecule has 4 rings (SSSR count). The first kappa shape index (κ1) is 22.1. The second kappa shape index (κ2) is 9.60. The molecule has 0 bridgehead atoms. The van der Waals surface area contributed by atoms with Crippen LogP contribution in [0.4, 0.5) is 0 Å². The van der Waals surface area contributed by atoms with Gasteiger partial charge in [0.15, 0.2) is 0 Å². The first-order valence-electron chi connectivity index (χ1n) is 9.92. The molecule has 0 radical (unpaired) electrons. The van der Waals surface area contributed by atoms with E-state index in [1.807, 2.05) is 47.9 Å². The molecule has 1 unspecified atom stereocenters. The summed E-state index contributed by atoms with van der Waals surface area (Å²) in [6, 6.07) is 13.0. The molecule has 1 amide bonds. The first-order chi connectivity index (χ1) is 15.5. The molecule has 1 atom stereocenters. The van der Waals surface area contributed by atoms with Crippen molar-refractivity contribution in [2.24, 2.45) is 5.73 Å². The molecule has 32 heavy (non-hydrogen) atoms. The highest BCUT2D eigenvalue weighted by atomic mass is 35.5. The number of nitrogens with two attached hydrogens (primary N) is 1. The lowest BCUT2D eigenvalue weighted by Crippen LogP contribution is -2.12. The molecule has 0 saturated heterocycles. The maximum absolute atomic E-state index is 12.1. The Balaban J connectivity index is 1.67. The van der Waals surface area contributed by atoms with Crippen LogP contribution in [0, 0.1) is 0 Å². The summed E-state index contributed by atoms with van der Waals surface area (Å²) in [5, 5.41) is 0.596. The molecule has 3 aromatic heterocycles. The van der Waals surface area contributed by atoms with E-state index in [0.29, 0.717) is 34.6 Å². The van der Waals surface area contributed by atoms with Crippen molar-refractivity contribution >= 4 is 34.5 Å². The largest absolute Gasteiger partial charge is 0.490 e. The highest BCUT2D eigenvalue weighted by molar-refractivity contribution is 7.17. The van der Waals surface area contributed by atoms with Gasteiger partial charge in [-0.05, 0) is 25.1 Å². The van der Waals surface area contributed by atoms with E-state index in [-0.39, 0.29) is 6.10 Å². The van der Waals surface area contributed by atoms with E-state index in [9.17, 15) is 4.79 Å². The number of nitrogens with zero attached hydrogens (tertiary/aromatic N) is 2. The lowest BCUT2D eigenvalue weighted by atomic mass is 10.1. The Morgan fingerprint density at radius 2 is 2.06 bits per heavy atom. The zero-order chi connectivity index (χ0) is 22.7. The number of hydrogen-bond acceptors (Lipinski definition) is 6. The fourth-order valence-corrected chi connectivity index (χ4v) is 4.53. The Bertz CT molecular complexity index is 1250. The van der Waals surface area contributed by atoms with Gasteiger partial charge in [0.2, 0.25) is 0 Å². The van der Waals surface area contributed by atoms with E-state index in [0.717, 1.165) is 21.8 Å². The van der Waals surface area contributed by atoms with E-state index in [4.69, 9.17) is 31.5 Å². The number of thiophene rings is 1. The Kier molecular flexibility index (Phi) is 6.64. The Labute approximate surface area is 194 Å². The Morgan fingerprint density at radius 3 is 2.81 bits per heavy atom. The van der Waals surface area contributed by atoms with Crippen molar-refractivity contribution in [2.75, 3.05) is 20.3 Å². The van der Waals surface area contributed by atoms with Gasteiger partial charge in [-0.15, -0.1) is 11.3 Å². The smallest absolute Gasteiger partial charge is 0.262 e. The van der Waals surface area contributed by atoms with E-state index < -0.39 is 5.91 Å². The van der Waals surface area contributed by atoms with Crippen LogP contribution in [0.2, 0.25) is 5.02 Å². The molecular weight excluding hydrogens is 450 g/mol. The number of imidazole rings is 1. The number of rotatable bonds is 9. The maximum Gasteiger partial charge on any atom is 0.262 e. The van der Waals surface area contributed by atoms with Crippen molar-refractivity contribution in [3.8, 4) is 22.1 Å². The normalized spacial score (nSPS) is 12.1. The molecule has 4 aromatic rings. The van der Waals surface area contributed by atoms with Gasteiger partial charge in [0, 0.05) is 23.8 Å². The SMILES string of the molecule is COCCOc1ccc2ncc(-c3cc(OC(C)c4ccccc4Cl)c(C(N)=O)s3)n2c1. The van der Waals surface area contributed by atoms with E-state index in [2.05, 4.69) is 4.98 Å². The third-order valence-electron chi connectivity index (χ3n) is 4.86. The standard InChI is InChI=1S/C23H22ClN3O4S/c1-14(16-5-3-4-6-17(16)24)31-19-11-20(32-22(19)23(25)28)18-12-26-21-8-7-15(13-27(18)21)30-10-9-29-2/h3-8,11-14H,9-10H2,1-2H3,(H2,25,28). The van der Waals surface area contributed by atoms with Gasteiger partial charge in [-0.2, -0.15) is 0 Å². The molecule has 1 aromatic carbocycles. The minimum Gasteiger partial charge on any atom is -0.490 e. The second-order valence-electron chi connectivity index (χ2n) is 7.03. The number of benzene rings is 1. The summed E-state index contributed by atoms with van der Waals surface area (Å²) < 4.78 is 18.8. The zero-order valence-corrected chi connectivity index (χ0v) is 19.2. The highest BCUT2D eigenvalue weighted by Crippen LogP contribution is 2.39. The molecule has 9 heteroatoms. The van der Waals surface area contributed by atoms with Crippen molar-refractivity contribution in [1.29, 1.82) is 0 Å². The number of amides is 1. The zero-order valence-electron chi connectivity index (χ0n) is 17.6. The van der Waals surface area contributed by atoms with Gasteiger partial charge in [0.05, 0.1) is 29.6 Å². The maximum atomic E-state index is 12.1. The number of carbonyl (C=O) groups is 1. The summed E-state index contributed by atoms with van der Waals surface area (Å²) >= 11 is 7.55. The number of halogens is 1. The van der Waals surface area contributed by atoms with Crippen molar-refractivity contribution in [3.63, 3.8) is 0 Å². The van der Waals surface area contributed by atoms with Crippen LogP contribution in [0.25, 0.3) is 16.2 Å². The predicted octanol–water partition coefficient (Wildman–Crippen LogP) is 4.98. The van der Waals surface area contributed by atoms with Gasteiger partial charge in [-0.3, -0.25) is 9.20 Å². The van der Waals surface area contributed by atoms with Crippen molar-refractivity contribution in [1.82, 2.24) is 9.38 Å². The first-order valence-corrected chi connectivity index (χ1v) is 11.1. The molecule has 0 spiro atoms. The summed E-state index contributed by atoms with van der Waals surface area (Å²) in [5.41, 5.74) is 8.01. The third kappa shape index (κ3) is 4.57. The van der Waals surface area contributed by atoms with Crippen LogP contribution in [0.15, 0.2) is 54.9 Å². The lowest BCUT2D eigenvalue weighted by Gasteiger charge is -2.16. The molecule has 0 fully saturated rings. The average molecular weight is 472 g/mol. The van der Waals surface area contributed by atoms with E-state index >= 15 is 0 Å². The van der Waals surface area contributed by atoms with Gasteiger partial charge >= 0.3 is 0 Å². The summed E-state index contributed by atoms with van der Waals surface area (Å²) in [4.78, 5) is 17.7. The van der Waals surface area contributed by atoms with Crippen LogP contribution in [0.3, 0.4) is 0 Å². The van der Waals surface area contributed by atoms with Gasteiger partial charge in [-0.1, -0.05) is 29.8 Å². The number of fused-ring (bicyclic) bond motifs is 1. The molecule has 2 N–H and O–H groups in total. The predicted molar refractivity (Wildman–Crippen MR) is 125 cm³/mol. The summed E-state index contributed by atoms with van der Waals surface area (Å²) in [6.07, 6.45) is 3.22. The monoisotopic (exact) mass is 471 g/mol. The third-order valence-corrected chi connectivity index (χ3v) is 6.35. The van der Waals surface area contributed by atoms with Crippen molar-refractivity contribution in [3.05, 3.63) is 70.3 Å². The van der Waals surface area contributed by atoms with Crippen molar-refractivity contribution < 1.29 is 19.0 Å². The van der Waals surface area contributed by atoms with E-state index in [1.165, 1.54) is 11.3 Å². The Morgan fingerprint density at radius 1 is 1.25 bits per heavy atom. The van der Waals surface area contributed by atoms with Gasteiger partial charge < -0.3 is 19.9 Å². The number of hydrogen-bond donors (Lipinski definition) is 1. The molecule has 7 nitrogen and oxygen atoms in total. The van der Waals surface area contributed by atoms with Crippen LogP contribution in [0.5, 0.6) is 11.5 Å². The van der Waals surface area contributed by atoms with Crippen molar-refractivity contribution in [2.45, 2.75) is 13.0 Å². The number of methoxy groups -OCH3 is 1. The van der Waals surface area contributed by atoms with Gasteiger partial charge in [-0.25, -0.2) is 4.98 Å². The fourth-order valence-electron chi connectivity index (χ4n) is 3.29. The van der Waals surface area contributed by atoms with Crippen LogP contribution in [-0.4, -0.2) is 35.6 Å². The Hall–Kier alpha value is -3.07. The average Bonchev–Trinajstić information content (AvgIpc) is 3.38. The summed E-state index contributed by atoms with van der Waals surface area (Å²) in [6.45, 7) is 2.81. The molecule has 0 aliphatic carbocycles. The fraction of sp³-hybridized carbons (Fsp3) is 0.217. The van der Waals surface area contributed by atoms with Crippen LogP contribution in [0.1, 0.15) is 28.3 Å².